The highest BCUT2D eigenvalue weighted by atomic mass is 19.1. The van der Waals surface area contributed by atoms with E-state index in [0.717, 1.165) is 24.2 Å². The first-order valence-corrected chi connectivity index (χ1v) is 13.7. The van der Waals surface area contributed by atoms with Crippen molar-refractivity contribution in [3.8, 4) is 0 Å². The quantitative estimate of drug-likeness (QED) is 0.284. The molecule has 5 atom stereocenters. The molecule has 0 aromatic heterocycles. The minimum atomic E-state index is -0.514. The van der Waals surface area contributed by atoms with E-state index in [0.29, 0.717) is 17.8 Å². The molecule has 2 aliphatic carbocycles. The lowest BCUT2D eigenvalue weighted by Gasteiger charge is -2.41. The molecule has 0 heterocycles. The van der Waals surface area contributed by atoms with Crippen LogP contribution in [0.1, 0.15) is 137 Å². The molecular formula is C28H53F. The largest absolute Gasteiger partial charge is 0.247 e. The van der Waals surface area contributed by atoms with E-state index in [1.807, 2.05) is 0 Å². The molecule has 0 nitrogen and oxygen atoms in total. The SMILES string of the molecule is CCCCC(CCC)C1CCC(C2CCC(CCCC(C)CCC)CC2)CC1F. The van der Waals surface area contributed by atoms with Gasteiger partial charge < -0.3 is 0 Å². The summed E-state index contributed by atoms with van der Waals surface area (Å²) in [5.74, 6) is 4.45. The smallest absolute Gasteiger partial charge is 0.103 e. The van der Waals surface area contributed by atoms with Gasteiger partial charge in [-0.3, -0.25) is 0 Å². The average molecular weight is 409 g/mol. The first-order valence-electron chi connectivity index (χ1n) is 13.7. The molecule has 0 amide bonds. The zero-order valence-corrected chi connectivity index (χ0v) is 20.4. The Morgan fingerprint density at radius 2 is 1.41 bits per heavy atom. The van der Waals surface area contributed by atoms with Gasteiger partial charge in [0.15, 0.2) is 0 Å². The van der Waals surface area contributed by atoms with Crippen LogP contribution in [0.3, 0.4) is 0 Å². The molecule has 2 aliphatic rings. The Bertz CT molecular complexity index is 397. The van der Waals surface area contributed by atoms with Crippen LogP contribution >= 0.6 is 0 Å². The van der Waals surface area contributed by atoms with Gasteiger partial charge in [0.1, 0.15) is 6.17 Å². The maximum absolute atomic E-state index is 15.2. The third-order valence-corrected chi connectivity index (χ3v) is 8.71. The minimum Gasteiger partial charge on any atom is -0.247 e. The molecule has 2 fully saturated rings. The van der Waals surface area contributed by atoms with Gasteiger partial charge in [0, 0.05) is 0 Å². The normalized spacial score (nSPS) is 32.8. The monoisotopic (exact) mass is 408 g/mol. The molecule has 172 valence electrons. The molecule has 0 saturated heterocycles. The Morgan fingerprint density at radius 3 is 2.03 bits per heavy atom. The second-order valence-corrected chi connectivity index (χ2v) is 11.0. The Hall–Kier alpha value is -0.0700. The van der Waals surface area contributed by atoms with E-state index in [9.17, 15) is 0 Å². The Morgan fingerprint density at radius 1 is 0.724 bits per heavy atom. The molecule has 0 radical (unpaired) electrons. The summed E-state index contributed by atoms with van der Waals surface area (Å²) in [5, 5.41) is 0. The summed E-state index contributed by atoms with van der Waals surface area (Å²) in [7, 11) is 0. The fourth-order valence-electron chi connectivity index (χ4n) is 6.88. The summed E-state index contributed by atoms with van der Waals surface area (Å²) in [6.45, 7) is 9.29. The molecule has 0 aromatic rings. The summed E-state index contributed by atoms with van der Waals surface area (Å²) < 4.78 is 15.2. The molecule has 1 heteroatoms. The summed E-state index contributed by atoms with van der Waals surface area (Å²) in [6, 6.07) is 0. The number of unbranched alkanes of at least 4 members (excludes halogenated alkanes) is 1. The maximum Gasteiger partial charge on any atom is 0.103 e. The molecular weight excluding hydrogens is 355 g/mol. The summed E-state index contributed by atoms with van der Waals surface area (Å²) >= 11 is 0. The van der Waals surface area contributed by atoms with Crippen LogP contribution in [0.5, 0.6) is 0 Å². The van der Waals surface area contributed by atoms with Crippen LogP contribution in [0.4, 0.5) is 4.39 Å². The molecule has 0 N–H and O–H groups in total. The van der Waals surface area contributed by atoms with Crippen LogP contribution < -0.4 is 0 Å². The van der Waals surface area contributed by atoms with Crippen molar-refractivity contribution < 1.29 is 4.39 Å². The van der Waals surface area contributed by atoms with Crippen molar-refractivity contribution in [3.05, 3.63) is 0 Å². The van der Waals surface area contributed by atoms with Gasteiger partial charge in [-0.15, -0.1) is 0 Å². The van der Waals surface area contributed by atoms with Crippen molar-refractivity contribution in [2.45, 2.75) is 143 Å². The van der Waals surface area contributed by atoms with Crippen molar-refractivity contribution in [3.63, 3.8) is 0 Å². The highest BCUT2D eigenvalue weighted by molar-refractivity contribution is 4.88. The highest BCUT2D eigenvalue weighted by Gasteiger charge is 2.38. The molecule has 29 heavy (non-hydrogen) atoms. The van der Waals surface area contributed by atoms with E-state index in [2.05, 4.69) is 27.7 Å². The number of alkyl halides is 1. The van der Waals surface area contributed by atoms with Crippen molar-refractivity contribution in [2.24, 2.45) is 35.5 Å². The highest BCUT2D eigenvalue weighted by Crippen LogP contribution is 2.46. The van der Waals surface area contributed by atoms with Gasteiger partial charge in [0.25, 0.3) is 0 Å². The third-order valence-electron chi connectivity index (χ3n) is 8.71. The zero-order chi connectivity index (χ0) is 21.1. The van der Waals surface area contributed by atoms with Crippen molar-refractivity contribution in [1.82, 2.24) is 0 Å². The van der Waals surface area contributed by atoms with E-state index < -0.39 is 6.17 Å². The van der Waals surface area contributed by atoms with Gasteiger partial charge in [-0.2, -0.15) is 0 Å². The van der Waals surface area contributed by atoms with Crippen LogP contribution in [0.2, 0.25) is 0 Å². The fraction of sp³-hybridized carbons (Fsp3) is 1.00. The van der Waals surface area contributed by atoms with E-state index >= 15 is 4.39 Å². The van der Waals surface area contributed by atoms with Crippen LogP contribution in [0.15, 0.2) is 0 Å². The molecule has 0 aromatic carbocycles. The van der Waals surface area contributed by atoms with E-state index in [4.69, 9.17) is 0 Å². The summed E-state index contributed by atoms with van der Waals surface area (Å²) in [4.78, 5) is 0. The van der Waals surface area contributed by atoms with Gasteiger partial charge in [-0.05, 0) is 67.6 Å². The second-order valence-electron chi connectivity index (χ2n) is 11.0. The van der Waals surface area contributed by atoms with Crippen molar-refractivity contribution >= 4 is 0 Å². The molecule has 2 rings (SSSR count). The van der Waals surface area contributed by atoms with E-state index in [1.165, 1.54) is 103 Å². The second kappa shape index (κ2) is 14.1. The molecule has 2 saturated carbocycles. The van der Waals surface area contributed by atoms with Gasteiger partial charge in [-0.1, -0.05) is 105 Å². The van der Waals surface area contributed by atoms with E-state index in [-0.39, 0.29) is 0 Å². The van der Waals surface area contributed by atoms with Crippen LogP contribution in [-0.4, -0.2) is 6.17 Å². The first kappa shape index (κ1) is 25.2. The molecule has 0 bridgehead atoms. The lowest BCUT2D eigenvalue weighted by Crippen LogP contribution is -2.35. The average Bonchev–Trinajstić information content (AvgIpc) is 2.72. The van der Waals surface area contributed by atoms with Gasteiger partial charge in [-0.25, -0.2) is 4.39 Å². The summed E-state index contributed by atoms with van der Waals surface area (Å²) in [5.41, 5.74) is 0. The summed E-state index contributed by atoms with van der Waals surface area (Å²) in [6.07, 6.45) is 21.9. The predicted octanol–water partition coefficient (Wildman–Crippen LogP) is 9.76. The maximum atomic E-state index is 15.2. The lowest BCUT2D eigenvalue weighted by atomic mass is 9.65. The number of rotatable bonds is 13. The first-order chi connectivity index (χ1) is 14.1. The predicted molar refractivity (Wildman–Crippen MR) is 127 cm³/mol. The Balaban J connectivity index is 1.70. The Kier molecular flexibility index (Phi) is 12.2. The lowest BCUT2D eigenvalue weighted by molar-refractivity contribution is 0.0426. The van der Waals surface area contributed by atoms with Gasteiger partial charge in [0.05, 0.1) is 0 Å². The Labute approximate surface area is 183 Å². The third kappa shape index (κ3) is 8.53. The zero-order valence-electron chi connectivity index (χ0n) is 20.4. The number of hydrogen-bond acceptors (Lipinski definition) is 0. The van der Waals surface area contributed by atoms with Crippen molar-refractivity contribution in [2.75, 3.05) is 0 Å². The standard InChI is InChI=1S/C28H53F/c1-5-8-14-25(11-7-3)27-20-19-26(21-28(27)29)24-17-15-23(16-18-24)13-9-12-22(4)10-6-2/h22-28H,5-21H2,1-4H3. The van der Waals surface area contributed by atoms with Gasteiger partial charge in [0.2, 0.25) is 0 Å². The number of halogens is 1. The minimum absolute atomic E-state index is 0.374. The topological polar surface area (TPSA) is 0 Å². The van der Waals surface area contributed by atoms with E-state index in [1.54, 1.807) is 0 Å². The van der Waals surface area contributed by atoms with Crippen molar-refractivity contribution in [1.29, 1.82) is 0 Å². The fourth-order valence-corrected chi connectivity index (χ4v) is 6.88. The molecule has 5 unspecified atom stereocenters. The molecule has 0 spiro atoms. The van der Waals surface area contributed by atoms with Gasteiger partial charge >= 0.3 is 0 Å². The van der Waals surface area contributed by atoms with Crippen LogP contribution in [0, 0.1) is 35.5 Å². The van der Waals surface area contributed by atoms with Crippen LogP contribution in [0.25, 0.3) is 0 Å². The van der Waals surface area contributed by atoms with Crippen LogP contribution in [-0.2, 0) is 0 Å². The number of hydrogen-bond donors (Lipinski definition) is 0. The molecule has 0 aliphatic heterocycles.